The first-order valence-corrected chi connectivity index (χ1v) is 12.0. The van der Waals surface area contributed by atoms with E-state index in [9.17, 15) is 9.90 Å². The van der Waals surface area contributed by atoms with E-state index in [0.717, 1.165) is 61.7 Å². The zero-order valence-electron chi connectivity index (χ0n) is 18.0. The van der Waals surface area contributed by atoms with Crippen LogP contribution in [0.4, 0.5) is 5.69 Å². The Labute approximate surface area is 182 Å². The van der Waals surface area contributed by atoms with Crippen LogP contribution in [0, 0.1) is 17.8 Å². The smallest absolute Gasteiger partial charge is 0.271 e. The van der Waals surface area contributed by atoms with Crippen molar-refractivity contribution in [2.75, 3.05) is 5.32 Å². The number of fused-ring (bicyclic) bond motifs is 1. The molecule has 4 bridgehead atoms. The maximum Gasteiger partial charge on any atom is 0.271 e. The minimum absolute atomic E-state index is 0.103. The lowest BCUT2D eigenvalue weighted by Gasteiger charge is -2.58. The Bertz CT molecular complexity index is 981. The summed E-state index contributed by atoms with van der Waals surface area (Å²) in [5, 5.41) is 17.2. The van der Waals surface area contributed by atoms with E-state index in [1.54, 1.807) is 6.20 Å². The standard InChI is InChI=1S/C24H33N5O2/c25-29(17-4-2-1-3-5-17)23(30)19-13-27-22-18(6-7-26-22)21(19)28-20-15-8-14-9-16(20)12-24(31,10-14)11-15/h6-7,13-17,20,31H,1-5,8-12,25H2,(H2,26,27,28)/t14?,15-,16+,20?,24?. The lowest BCUT2D eigenvalue weighted by Crippen LogP contribution is -2.59. The highest BCUT2D eigenvalue weighted by Gasteiger charge is 2.54. The molecule has 0 spiro atoms. The van der Waals surface area contributed by atoms with Gasteiger partial charge in [-0.25, -0.2) is 10.8 Å². The summed E-state index contributed by atoms with van der Waals surface area (Å²) < 4.78 is 0. The van der Waals surface area contributed by atoms with Gasteiger partial charge in [0, 0.05) is 29.9 Å². The molecule has 5 aliphatic rings. The first-order valence-electron chi connectivity index (χ1n) is 12.0. The van der Waals surface area contributed by atoms with Crippen molar-refractivity contribution in [1.82, 2.24) is 15.0 Å². The van der Waals surface area contributed by atoms with Crippen LogP contribution in [0.15, 0.2) is 18.5 Å². The van der Waals surface area contributed by atoms with E-state index in [2.05, 4.69) is 15.3 Å². The van der Waals surface area contributed by atoms with Gasteiger partial charge in [-0.3, -0.25) is 9.80 Å². The van der Waals surface area contributed by atoms with Gasteiger partial charge >= 0.3 is 0 Å². The maximum atomic E-state index is 13.5. The number of hydrogen-bond acceptors (Lipinski definition) is 5. The highest BCUT2D eigenvalue weighted by Crippen LogP contribution is 2.56. The van der Waals surface area contributed by atoms with Gasteiger partial charge in [0.25, 0.3) is 5.91 Å². The molecule has 0 saturated heterocycles. The quantitative estimate of drug-likeness (QED) is 0.342. The maximum absolute atomic E-state index is 13.5. The van der Waals surface area contributed by atoms with Crippen LogP contribution in [-0.2, 0) is 0 Å². The topological polar surface area (TPSA) is 107 Å². The zero-order valence-corrected chi connectivity index (χ0v) is 18.0. The SMILES string of the molecule is NN(C(=O)c1cnc2[nH]ccc2c1NC1[C@@H]2CC3C[C@H]1CC(O)(C3)C2)C1CCCCC1. The molecule has 2 aromatic rings. The number of nitrogens with one attached hydrogen (secondary N) is 2. The number of aromatic nitrogens is 2. The number of nitrogens with two attached hydrogens (primary N) is 1. The van der Waals surface area contributed by atoms with Gasteiger partial charge in [0.2, 0.25) is 0 Å². The van der Waals surface area contributed by atoms with Crippen LogP contribution in [0.2, 0.25) is 0 Å². The Morgan fingerprint density at radius 3 is 2.65 bits per heavy atom. The first-order chi connectivity index (χ1) is 15.0. The number of hydrazine groups is 1. The van der Waals surface area contributed by atoms with Gasteiger partial charge in [0.1, 0.15) is 5.65 Å². The molecule has 5 aliphatic carbocycles. The van der Waals surface area contributed by atoms with Crippen molar-refractivity contribution in [2.45, 2.75) is 81.9 Å². The third-order valence-corrected chi connectivity index (χ3v) is 8.57. The Morgan fingerprint density at radius 1 is 1.19 bits per heavy atom. The Balaban J connectivity index is 1.33. The predicted octanol–water partition coefficient (Wildman–Crippen LogP) is 3.56. The minimum Gasteiger partial charge on any atom is -0.390 e. The van der Waals surface area contributed by atoms with E-state index in [1.807, 2.05) is 12.3 Å². The second kappa shape index (κ2) is 7.20. The van der Waals surface area contributed by atoms with E-state index < -0.39 is 5.60 Å². The van der Waals surface area contributed by atoms with E-state index in [4.69, 9.17) is 5.84 Å². The summed E-state index contributed by atoms with van der Waals surface area (Å²) in [5.41, 5.74) is 1.73. The molecule has 7 nitrogen and oxygen atoms in total. The van der Waals surface area contributed by atoms with Crippen molar-refractivity contribution < 1.29 is 9.90 Å². The summed E-state index contributed by atoms with van der Waals surface area (Å²) in [6, 6.07) is 2.38. The molecule has 0 aliphatic heterocycles. The van der Waals surface area contributed by atoms with Crippen molar-refractivity contribution in [3.05, 3.63) is 24.0 Å². The van der Waals surface area contributed by atoms with Gasteiger partial charge in [0.15, 0.2) is 0 Å². The molecular formula is C24H33N5O2. The second-order valence-corrected chi connectivity index (χ2v) is 10.7. The molecule has 166 valence electrons. The van der Waals surface area contributed by atoms with Crippen LogP contribution in [0.5, 0.6) is 0 Å². The van der Waals surface area contributed by atoms with Gasteiger partial charge in [-0.05, 0) is 68.8 Å². The minimum atomic E-state index is -0.468. The van der Waals surface area contributed by atoms with Crippen LogP contribution >= 0.6 is 0 Å². The van der Waals surface area contributed by atoms with Gasteiger partial charge in [-0.1, -0.05) is 19.3 Å². The predicted molar refractivity (Wildman–Crippen MR) is 119 cm³/mol. The number of pyridine rings is 1. The van der Waals surface area contributed by atoms with Crippen molar-refractivity contribution in [3.63, 3.8) is 0 Å². The van der Waals surface area contributed by atoms with Gasteiger partial charge < -0.3 is 15.4 Å². The van der Waals surface area contributed by atoms with E-state index >= 15 is 0 Å². The fourth-order valence-electron chi connectivity index (χ4n) is 7.37. The van der Waals surface area contributed by atoms with E-state index in [0.29, 0.717) is 23.3 Å². The fraction of sp³-hybridized carbons (Fsp3) is 0.667. The van der Waals surface area contributed by atoms with Crippen LogP contribution < -0.4 is 11.2 Å². The van der Waals surface area contributed by atoms with E-state index in [1.165, 1.54) is 24.3 Å². The van der Waals surface area contributed by atoms with Crippen LogP contribution in [0.3, 0.4) is 0 Å². The molecule has 2 aromatic heterocycles. The van der Waals surface area contributed by atoms with E-state index in [-0.39, 0.29) is 18.0 Å². The summed E-state index contributed by atoms with van der Waals surface area (Å²) in [5.74, 6) is 7.78. The van der Waals surface area contributed by atoms with Crippen molar-refractivity contribution in [2.24, 2.45) is 23.6 Å². The summed E-state index contributed by atoms with van der Waals surface area (Å²) in [7, 11) is 0. The zero-order chi connectivity index (χ0) is 21.2. The third-order valence-electron chi connectivity index (χ3n) is 8.57. The van der Waals surface area contributed by atoms with Gasteiger partial charge in [-0.2, -0.15) is 0 Å². The molecule has 5 N–H and O–H groups in total. The molecule has 2 heterocycles. The summed E-state index contributed by atoms with van der Waals surface area (Å²) in [4.78, 5) is 21.2. The molecule has 7 heteroatoms. The number of carbonyl (C=O) groups is 1. The summed E-state index contributed by atoms with van der Waals surface area (Å²) in [6.07, 6.45) is 14.0. The highest BCUT2D eigenvalue weighted by atomic mass is 16.3. The highest BCUT2D eigenvalue weighted by molar-refractivity contribution is 6.06. The van der Waals surface area contributed by atoms with Gasteiger partial charge in [0.05, 0.1) is 16.9 Å². The monoisotopic (exact) mass is 423 g/mol. The van der Waals surface area contributed by atoms with Crippen molar-refractivity contribution in [1.29, 1.82) is 0 Å². The fourth-order valence-corrected chi connectivity index (χ4v) is 7.37. The number of nitrogens with zero attached hydrogens (tertiary/aromatic N) is 2. The molecule has 3 unspecified atom stereocenters. The molecule has 0 aromatic carbocycles. The average molecular weight is 424 g/mol. The number of carbonyl (C=O) groups excluding carboxylic acids is 1. The molecule has 7 rings (SSSR count). The molecule has 5 atom stereocenters. The first kappa shape index (κ1) is 19.6. The Kier molecular flexibility index (Phi) is 4.54. The largest absolute Gasteiger partial charge is 0.390 e. The van der Waals surface area contributed by atoms with Crippen LogP contribution in [0.25, 0.3) is 11.0 Å². The van der Waals surface area contributed by atoms with Crippen molar-refractivity contribution >= 4 is 22.6 Å². The second-order valence-electron chi connectivity index (χ2n) is 10.7. The van der Waals surface area contributed by atoms with Crippen LogP contribution in [0.1, 0.15) is 74.6 Å². The number of anilines is 1. The number of amides is 1. The lowest BCUT2D eigenvalue weighted by atomic mass is 9.52. The number of hydrogen-bond donors (Lipinski definition) is 4. The molecule has 31 heavy (non-hydrogen) atoms. The van der Waals surface area contributed by atoms with Crippen molar-refractivity contribution in [3.8, 4) is 0 Å². The molecular weight excluding hydrogens is 390 g/mol. The summed E-state index contributed by atoms with van der Waals surface area (Å²) >= 11 is 0. The number of aromatic amines is 1. The Morgan fingerprint density at radius 2 is 1.94 bits per heavy atom. The summed E-state index contributed by atoms with van der Waals surface area (Å²) in [6.45, 7) is 0. The van der Waals surface area contributed by atoms with Crippen LogP contribution in [-0.4, -0.2) is 43.7 Å². The number of aliphatic hydroxyl groups is 1. The number of H-pyrrole nitrogens is 1. The molecule has 0 radical (unpaired) electrons. The average Bonchev–Trinajstić information content (AvgIpc) is 3.24. The normalized spacial score (nSPS) is 34.9. The number of rotatable bonds is 4. The molecule has 5 saturated carbocycles. The lowest BCUT2D eigenvalue weighted by molar-refractivity contribution is -0.129. The van der Waals surface area contributed by atoms with Gasteiger partial charge in [-0.15, -0.1) is 0 Å². The molecule has 5 fully saturated rings. The Hall–Kier alpha value is -2.12. The third kappa shape index (κ3) is 3.24. The molecule has 1 amide bonds.